The molecule has 0 radical (unpaired) electrons. The van der Waals surface area contributed by atoms with Crippen molar-refractivity contribution in [2.24, 2.45) is 5.73 Å². The van der Waals surface area contributed by atoms with Gasteiger partial charge in [0.05, 0.1) is 17.9 Å². The van der Waals surface area contributed by atoms with E-state index in [9.17, 15) is 32.3 Å². The Bertz CT molecular complexity index is 1730. The van der Waals surface area contributed by atoms with Crippen molar-refractivity contribution in [3.8, 4) is 17.0 Å². The van der Waals surface area contributed by atoms with Gasteiger partial charge in [-0.15, -0.1) is 0 Å². The normalized spacial score (nSPS) is 19.7. The molecule has 2 amide bonds. The highest BCUT2D eigenvalue weighted by Gasteiger charge is 2.57. The number of aliphatic hydroxyl groups is 1. The van der Waals surface area contributed by atoms with Crippen molar-refractivity contribution in [2.75, 3.05) is 13.2 Å². The van der Waals surface area contributed by atoms with Crippen molar-refractivity contribution < 1.29 is 37.0 Å². The zero-order valence-corrected chi connectivity index (χ0v) is 22.2. The van der Waals surface area contributed by atoms with Crippen molar-refractivity contribution in [3.63, 3.8) is 0 Å². The van der Waals surface area contributed by atoms with E-state index in [4.69, 9.17) is 10.5 Å². The molecule has 4 heterocycles. The Labute approximate surface area is 236 Å². The highest BCUT2D eigenvalue weighted by Crippen LogP contribution is 2.47. The van der Waals surface area contributed by atoms with Crippen LogP contribution in [-0.2, 0) is 15.8 Å². The minimum absolute atomic E-state index is 0.0150. The minimum atomic E-state index is -5.32. The van der Waals surface area contributed by atoms with Gasteiger partial charge < -0.3 is 25.3 Å². The topological polar surface area (TPSA) is 132 Å². The van der Waals surface area contributed by atoms with Crippen molar-refractivity contribution in [1.82, 2.24) is 19.7 Å². The fourth-order valence-corrected chi connectivity index (χ4v) is 4.97. The van der Waals surface area contributed by atoms with E-state index in [2.05, 4.69) is 15.3 Å². The predicted molar refractivity (Wildman–Crippen MR) is 141 cm³/mol. The average Bonchev–Trinajstić information content (AvgIpc) is 3.62. The lowest BCUT2D eigenvalue weighted by atomic mass is 9.81. The fraction of sp³-hybridized carbons (Fsp3) is 0.310. The number of imidazole rings is 1. The molecule has 1 aliphatic heterocycles. The third kappa shape index (κ3) is 4.53. The summed E-state index contributed by atoms with van der Waals surface area (Å²) in [6, 6.07) is 8.51. The molecule has 218 valence electrons. The van der Waals surface area contributed by atoms with E-state index < -0.39 is 47.1 Å². The van der Waals surface area contributed by atoms with E-state index in [1.165, 1.54) is 31.2 Å². The van der Waals surface area contributed by atoms with Crippen LogP contribution >= 0.6 is 0 Å². The molecule has 42 heavy (non-hydrogen) atoms. The van der Waals surface area contributed by atoms with Gasteiger partial charge in [-0.3, -0.25) is 9.59 Å². The van der Waals surface area contributed by atoms with E-state index in [0.717, 1.165) is 36.7 Å². The fourth-order valence-electron chi connectivity index (χ4n) is 4.97. The summed E-state index contributed by atoms with van der Waals surface area (Å²) in [5.41, 5.74) is 0.839. The molecule has 0 spiro atoms. The molecule has 2 aliphatic rings. The number of carbonyl (C=O) groups is 2. The molecule has 1 unspecified atom stereocenters. The van der Waals surface area contributed by atoms with E-state index >= 15 is 0 Å². The molecule has 4 aromatic rings. The zero-order chi connectivity index (χ0) is 30.0. The molecular weight excluding hydrogens is 558 g/mol. The first-order valence-corrected chi connectivity index (χ1v) is 13.1. The number of ether oxygens (including phenoxy) is 1. The number of pyridine rings is 2. The van der Waals surface area contributed by atoms with Gasteiger partial charge in [-0.2, -0.15) is 13.2 Å². The molecule has 9 nitrogen and oxygen atoms in total. The molecule has 3 aromatic heterocycles. The van der Waals surface area contributed by atoms with Crippen LogP contribution in [0.3, 0.4) is 0 Å². The van der Waals surface area contributed by atoms with Gasteiger partial charge in [-0.1, -0.05) is 0 Å². The van der Waals surface area contributed by atoms with Gasteiger partial charge in [0.15, 0.2) is 0 Å². The molecule has 2 atom stereocenters. The van der Waals surface area contributed by atoms with Crippen LogP contribution in [0.1, 0.15) is 53.0 Å². The van der Waals surface area contributed by atoms with Gasteiger partial charge in [0.25, 0.3) is 5.91 Å². The maximum Gasteiger partial charge on any atom is 0.424 e. The van der Waals surface area contributed by atoms with E-state index in [0.29, 0.717) is 11.6 Å². The third-order valence-corrected chi connectivity index (χ3v) is 7.87. The molecule has 13 heteroatoms. The molecular formula is C29H25F4N5O4. The second-order valence-electron chi connectivity index (χ2n) is 10.9. The van der Waals surface area contributed by atoms with Crippen LogP contribution in [0.2, 0.25) is 0 Å². The first-order valence-electron chi connectivity index (χ1n) is 13.1. The van der Waals surface area contributed by atoms with Crippen LogP contribution in [0.25, 0.3) is 16.9 Å². The summed E-state index contributed by atoms with van der Waals surface area (Å²) in [4.78, 5) is 33.9. The number of nitrogens with two attached hydrogens (primary N) is 1. The van der Waals surface area contributed by atoms with E-state index in [1.807, 2.05) is 6.20 Å². The number of hydrogen-bond donors (Lipinski definition) is 3. The maximum absolute atomic E-state index is 14.6. The minimum Gasteiger partial charge on any atom is -0.489 e. The van der Waals surface area contributed by atoms with Gasteiger partial charge in [0.2, 0.25) is 11.5 Å². The number of hydrogen-bond acceptors (Lipinski definition) is 6. The van der Waals surface area contributed by atoms with Gasteiger partial charge in [-0.25, -0.2) is 14.4 Å². The Kier molecular flexibility index (Phi) is 6.26. The largest absolute Gasteiger partial charge is 0.489 e. The lowest BCUT2D eigenvalue weighted by Crippen LogP contribution is -2.51. The van der Waals surface area contributed by atoms with Gasteiger partial charge in [0.1, 0.15) is 34.9 Å². The number of nitrogens with one attached hydrogen (secondary N) is 1. The molecule has 1 fully saturated rings. The van der Waals surface area contributed by atoms with Gasteiger partial charge in [0, 0.05) is 35.0 Å². The van der Waals surface area contributed by atoms with Crippen LogP contribution in [0, 0.1) is 5.82 Å². The number of nitrogens with zero attached hydrogens (tertiary/aromatic N) is 3. The first kappa shape index (κ1) is 27.6. The SMILES string of the molecule is C[C@]1(C(N)=O)COc2c1cc(C(O)(CNC(=O)c1ccn3cc(C4CC4)nc3c1)C(F)(F)F)nc2-c1ccc(F)cc1. The number of amides is 2. The first-order chi connectivity index (χ1) is 19.8. The maximum atomic E-state index is 14.6. The number of fused-ring (bicyclic) bond motifs is 2. The van der Waals surface area contributed by atoms with Crippen LogP contribution in [0.15, 0.2) is 54.9 Å². The summed E-state index contributed by atoms with van der Waals surface area (Å²) in [5.74, 6) is -1.99. The Morgan fingerprint density at radius 3 is 2.52 bits per heavy atom. The van der Waals surface area contributed by atoms with Crippen LogP contribution in [-0.4, -0.2) is 50.6 Å². The quantitative estimate of drug-likeness (QED) is 0.284. The van der Waals surface area contributed by atoms with Crippen molar-refractivity contribution >= 4 is 17.5 Å². The monoisotopic (exact) mass is 583 g/mol. The summed E-state index contributed by atoms with van der Waals surface area (Å²) in [6.45, 7) is -0.184. The van der Waals surface area contributed by atoms with Gasteiger partial charge >= 0.3 is 6.18 Å². The van der Waals surface area contributed by atoms with Crippen molar-refractivity contribution in [3.05, 3.63) is 83.2 Å². The number of benzene rings is 1. The standard InChI is InChI=1S/C29H25F4N5O4/c1-27(26(34)40)14-42-24-19(27)11-21(37-23(24)16-4-6-18(30)7-5-16)28(41,29(31,32)33)13-35-25(39)17-8-9-38-12-20(15-2-3-15)36-22(38)10-17/h4-12,15,41H,2-3,13-14H2,1H3,(H2,34,40)(H,35,39)/t27-,28?/m0/s1. The molecule has 0 saturated heterocycles. The Morgan fingerprint density at radius 2 is 1.88 bits per heavy atom. The van der Waals surface area contributed by atoms with Crippen molar-refractivity contribution in [2.45, 2.75) is 42.9 Å². The highest BCUT2D eigenvalue weighted by molar-refractivity contribution is 5.95. The number of rotatable bonds is 7. The second-order valence-corrected chi connectivity index (χ2v) is 10.9. The Morgan fingerprint density at radius 1 is 1.17 bits per heavy atom. The summed E-state index contributed by atoms with van der Waals surface area (Å²) < 4.78 is 64.8. The zero-order valence-electron chi connectivity index (χ0n) is 22.2. The van der Waals surface area contributed by atoms with Crippen molar-refractivity contribution in [1.29, 1.82) is 0 Å². The summed E-state index contributed by atoms with van der Waals surface area (Å²) in [5, 5.41) is 13.3. The molecule has 4 N–H and O–H groups in total. The Hall–Kier alpha value is -4.52. The number of aromatic nitrogens is 3. The lowest BCUT2D eigenvalue weighted by Gasteiger charge is -2.31. The smallest absolute Gasteiger partial charge is 0.424 e. The number of primary amides is 1. The van der Waals surface area contributed by atoms with Crippen LogP contribution in [0.4, 0.5) is 17.6 Å². The average molecular weight is 584 g/mol. The number of halogens is 4. The molecule has 6 rings (SSSR count). The summed E-state index contributed by atoms with van der Waals surface area (Å²) >= 11 is 0. The van der Waals surface area contributed by atoms with Crippen LogP contribution in [0.5, 0.6) is 5.75 Å². The second kappa shape index (κ2) is 9.51. The van der Waals surface area contributed by atoms with E-state index in [-0.39, 0.29) is 34.7 Å². The third-order valence-electron chi connectivity index (χ3n) is 7.87. The highest BCUT2D eigenvalue weighted by atomic mass is 19.4. The summed E-state index contributed by atoms with van der Waals surface area (Å²) in [7, 11) is 0. The van der Waals surface area contributed by atoms with Crippen LogP contribution < -0.4 is 15.8 Å². The lowest BCUT2D eigenvalue weighted by molar-refractivity contribution is -0.265. The number of alkyl halides is 3. The molecule has 1 aliphatic carbocycles. The van der Waals surface area contributed by atoms with Gasteiger partial charge in [-0.05, 0) is 62.2 Å². The Balaban J connectivity index is 1.38. The molecule has 1 saturated carbocycles. The summed E-state index contributed by atoms with van der Waals surface area (Å²) in [6.07, 6.45) is 0.158. The molecule has 0 bridgehead atoms. The molecule has 1 aromatic carbocycles. The van der Waals surface area contributed by atoms with E-state index in [1.54, 1.807) is 10.6 Å². The predicted octanol–water partition coefficient (Wildman–Crippen LogP) is 3.73. The number of carbonyl (C=O) groups excluding carboxylic acids is 2.